The second kappa shape index (κ2) is 6.80. The van der Waals surface area contributed by atoms with Crippen molar-refractivity contribution in [3.8, 4) is 17.0 Å². The van der Waals surface area contributed by atoms with Gasteiger partial charge >= 0.3 is 0 Å². The summed E-state index contributed by atoms with van der Waals surface area (Å²) >= 11 is 0. The van der Waals surface area contributed by atoms with Gasteiger partial charge in [0.1, 0.15) is 5.75 Å². The second-order valence-electron chi connectivity index (χ2n) is 7.67. The molecule has 1 N–H and O–H groups in total. The minimum atomic E-state index is -0.0837. The number of methoxy groups -OCH3 is 1. The summed E-state index contributed by atoms with van der Waals surface area (Å²) < 4.78 is 11.1. The van der Waals surface area contributed by atoms with E-state index < -0.39 is 0 Å². The number of H-pyrrole nitrogens is 1. The molecule has 5 heteroatoms. The first-order valence-electron chi connectivity index (χ1n) is 9.01. The molecule has 0 radical (unpaired) electrons. The summed E-state index contributed by atoms with van der Waals surface area (Å²) in [5.41, 5.74) is 7.33. The summed E-state index contributed by atoms with van der Waals surface area (Å²) in [7, 11) is 1.70. The first-order valence-corrected chi connectivity index (χ1v) is 9.01. The molecule has 1 aliphatic rings. The predicted octanol–water partition coefficient (Wildman–Crippen LogP) is 4.09. The number of aromatic nitrogens is 2. The summed E-state index contributed by atoms with van der Waals surface area (Å²) in [5.74, 6) is 0.902. The van der Waals surface area contributed by atoms with Crippen LogP contribution >= 0.6 is 0 Å². The molecule has 1 aliphatic heterocycles. The van der Waals surface area contributed by atoms with E-state index in [-0.39, 0.29) is 5.54 Å². The van der Waals surface area contributed by atoms with Gasteiger partial charge < -0.3 is 14.4 Å². The van der Waals surface area contributed by atoms with Crippen molar-refractivity contribution in [2.75, 3.05) is 26.9 Å². The molecule has 1 aromatic heterocycles. The lowest BCUT2D eigenvalue weighted by Gasteiger charge is -2.44. The molecular formula is C21H29N3O2. The van der Waals surface area contributed by atoms with Crippen LogP contribution < -0.4 is 4.74 Å². The van der Waals surface area contributed by atoms with Gasteiger partial charge in [0.25, 0.3) is 0 Å². The van der Waals surface area contributed by atoms with E-state index in [2.05, 4.69) is 68.4 Å². The first-order chi connectivity index (χ1) is 12.3. The standard InChI is InChI=1S/C21H29N3O2/c1-13-11-18(25-7)14(2)10-17(13)20-15(3)19(22-23-20)16(4)24-8-9-26-12-21(24,5)6/h10-11H,4,8-9,12H2,1-3,5-7H3,(H,22,23). The van der Waals surface area contributed by atoms with Crippen LogP contribution in [0.3, 0.4) is 0 Å². The molecule has 1 saturated heterocycles. The Hall–Kier alpha value is -2.27. The molecule has 1 fully saturated rings. The number of nitrogens with zero attached hydrogens (tertiary/aromatic N) is 2. The smallest absolute Gasteiger partial charge is 0.122 e. The van der Waals surface area contributed by atoms with Gasteiger partial charge in [0, 0.05) is 17.7 Å². The Kier molecular flexibility index (Phi) is 4.84. The van der Waals surface area contributed by atoms with Gasteiger partial charge in [-0.15, -0.1) is 0 Å². The van der Waals surface area contributed by atoms with Crippen LogP contribution in [0.25, 0.3) is 17.0 Å². The molecule has 26 heavy (non-hydrogen) atoms. The molecule has 0 saturated carbocycles. The Bertz CT molecular complexity index is 836. The van der Waals surface area contributed by atoms with E-state index in [0.29, 0.717) is 6.61 Å². The van der Waals surface area contributed by atoms with Gasteiger partial charge in [-0.1, -0.05) is 6.58 Å². The van der Waals surface area contributed by atoms with Crippen molar-refractivity contribution in [3.05, 3.63) is 41.1 Å². The number of nitrogens with one attached hydrogen (secondary N) is 1. The van der Waals surface area contributed by atoms with Crippen molar-refractivity contribution in [1.29, 1.82) is 0 Å². The maximum absolute atomic E-state index is 5.64. The van der Waals surface area contributed by atoms with Crippen molar-refractivity contribution >= 4 is 5.70 Å². The largest absolute Gasteiger partial charge is 0.496 e. The van der Waals surface area contributed by atoms with E-state index in [9.17, 15) is 0 Å². The Labute approximate surface area is 156 Å². The number of hydrogen-bond acceptors (Lipinski definition) is 4. The highest BCUT2D eigenvalue weighted by atomic mass is 16.5. The monoisotopic (exact) mass is 355 g/mol. The number of rotatable bonds is 4. The maximum Gasteiger partial charge on any atom is 0.122 e. The maximum atomic E-state index is 5.64. The van der Waals surface area contributed by atoms with E-state index in [1.54, 1.807) is 7.11 Å². The lowest BCUT2D eigenvalue weighted by atomic mass is 9.97. The highest BCUT2D eigenvalue weighted by Gasteiger charge is 2.33. The summed E-state index contributed by atoms with van der Waals surface area (Å²) in [6, 6.07) is 4.21. The van der Waals surface area contributed by atoms with Crippen LogP contribution in [-0.4, -0.2) is 47.5 Å². The number of ether oxygens (including phenoxy) is 2. The van der Waals surface area contributed by atoms with Crippen molar-refractivity contribution < 1.29 is 9.47 Å². The number of aryl methyl sites for hydroxylation is 2. The Morgan fingerprint density at radius 2 is 2.00 bits per heavy atom. The molecule has 0 spiro atoms. The van der Waals surface area contributed by atoms with Crippen LogP contribution in [0.5, 0.6) is 5.75 Å². The molecule has 0 atom stereocenters. The first kappa shape index (κ1) is 18.5. The summed E-state index contributed by atoms with van der Waals surface area (Å²) in [6.07, 6.45) is 0. The van der Waals surface area contributed by atoms with Gasteiger partial charge in [0.15, 0.2) is 0 Å². The Balaban J connectivity index is 1.98. The van der Waals surface area contributed by atoms with Crippen LogP contribution in [0.15, 0.2) is 18.7 Å². The molecule has 0 bridgehead atoms. The van der Waals surface area contributed by atoms with Crippen LogP contribution in [0.1, 0.15) is 36.2 Å². The highest BCUT2D eigenvalue weighted by Crippen LogP contribution is 2.35. The average molecular weight is 355 g/mol. The molecule has 140 valence electrons. The van der Waals surface area contributed by atoms with Crippen molar-refractivity contribution in [3.63, 3.8) is 0 Å². The average Bonchev–Trinajstić information content (AvgIpc) is 2.97. The zero-order chi connectivity index (χ0) is 19.1. The van der Waals surface area contributed by atoms with Gasteiger partial charge in [0.05, 0.1) is 42.9 Å². The number of hydrogen-bond donors (Lipinski definition) is 1. The fraction of sp³-hybridized carbons (Fsp3) is 0.476. The third-order valence-corrected chi connectivity index (χ3v) is 5.27. The Morgan fingerprint density at radius 3 is 2.65 bits per heavy atom. The second-order valence-corrected chi connectivity index (χ2v) is 7.67. The normalized spacial score (nSPS) is 16.6. The highest BCUT2D eigenvalue weighted by molar-refractivity contribution is 5.74. The number of benzene rings is 1. The quantitative estimate of drug-likeness (QED) is 0.897. The summed E-state index contributed by atoms with van der Waals surface area (Å²) in [4.78, 5) is 2.31. The lowest BCUT2D eigenvalue weighted by molar-refractivity contribution is -0.0202. The third-order valence-electron chi connectivity index (χ3n) is 5.27. The number of morpholine rings is 1. The van der Waals surface area contributed by atoms with E-state index in [4.69, 9.17) is 9.47 Å². The molecule has 1 aromatic carbocycles. The molecule has 0 unspecified atom stereocenters. The van der Waals surface area contributed by atoms with E-state index in [0.717, 1.165) is 58.2 Å². The van der Waals surface area contributed by atoms with Crippen molar-refractivity contribution in [2.45, 2.75) is 40.2 Å². The zero-order valence-electron chi connectivity index (χ0n) is 16.7. The van der Waals surface area contributed by atoms with Crippen LogP contribution in [0.4, 0.5) is 0 Å². The van der Waals surface area contributed by atoms with Gasteiger partial charge in [-0.25, -0.2) is 0 Å². The zero-order valence-corrected chi connectivity index (χ0v) is 16.7. The summed E-state index contributed by atoms with van der Waals surface area (Å²) in [6.45, 7) is 17.2. The molecular weight excluding hydrogens is 326 g/mol. The van der Waals surface area contributed by atoms with Gasteiger partial charge in [0.2, 0.25) is 0 Å². The lowest BCUT2D eigenvalue weighted by Crippen LogP contribution is -2.51. The Morgan fingerprint density at radius 1 is 1.27 bits per heavy atom. The molecule has 5 nitrogen and oxygen atoms in total. The summed E-state index contributed by atoms with van der Waals surface area (Å²) in [5, 5.41) is 7.84. The fourth-order valence-electron chi connectivity index (χ4n) is 3.70. The van der Waals surface area contributed by atoms with E-state index >= 15 is 0 Å². The van der Waals surface area contributed by atoms with Crippen molar-refractivity contribution in [1.82, 2.24) is 15.1 Å². The minimum absolute atomic E-state index is 0.0837. The number of aromatic amines is 1. The predicted molar refractivity (Wildman–Crippen MR) is 105 cm³/mol. The van der Waals surface area contributed by atoms with Crippen LogP contribution in [-0.2, 0) is 4.74 Å². The van der Waals surface area contributed by atoms with E-state index in [1.807, 2.05) is 0 Å². The van der Waals surface area contributed by atoms with E-state index in [1.165, 1.54) is 0 Å². The fourth-order valence-corrected chi connectivity index (χ4v) is 3.70. The SMILES string of the molecule is C=C(c1[nH]nc(-c2cc(C)c(OC)cc2C)c1C)N1CCOCC1(C)C. The van der Waals surface area contributed by atoms with Gasteiger partial charge in [-0.05, 0) is 57.9 Å². The molecule has 3 rings (SSSR count). The van der Waals surface area contributed by atoms with Gasteiger partial charge in [-0.2, -0.15) is 5.10 Å². The molecule has 2 heterocycles. The third kappa shape index (κ3) is 3.12. The molecule has 0 aliphatic carbocycles. The topological polar surface area (TPSA) is 50.4 Å². The van der Waals surface area contributed by atoms with Crippen molar-refractivity contribution in [2.24, 2.45) is 0 Å². The van der Waals surface area contributed by atoms with Crippen LogP contribution in [0, 0.1) is 20.8 Å². The van der Waals surface area contributed by atoms with Crippen LogP contribution in [0.2, 0.25) is 0 Å². The van der Waals surface area contributed by atoms with Gasteiger partial charge in [-0.3, -0.25) is 5.10 Å². The molecule has 2 aromatic rings. The minimum Gasteiger partial charge on any atom is -0.496 e. The molecule has 0 amide bonds.